The first-order valence-electron chi connectivity index (χ1n) is 12.3. The van der Waals surface area contributed by atoms with Crippen LogP contribution in [0.1, 0.15) is 44.1 Å². The average Bonchev–Trinajstić information content (AvgIpc) is 2.82. The van der Waals surface area contributed by atoms with E-state index in [1.54, 1.807) is 4.90 Å². The summed E-state index contributed by atoms with van der Waals surface area (Å²) in [5, 5.41) is 14.7. The van der Waals surface area contributed by atoms with Crippen LogP contribution in [0.25, 0.3) is 0 Å². The second-order valence-electron chi connectivity index (χ2n) is 10.1. The maximum atomic E-state index is 12.8. The molecule has 0 aromatic heterocycles. The molecule has 1 aromatic carbocycles. The lowest BCUT2D eigenvalue weighted by atomic mass is 9.89. The first-order valence-corrected chi connectivity index (χ1v) is 12.3. The Labute approximate surface area is 197 Å². The molecule has 3 fully saturated rings. The number of benzene rings is 1. The van der Waals surface area contributed by atoms with Crippen LogP contribution in [0.2, 0.25) is 0 Å². The van der Waals surface area contributed by atoms with E-state index in [2.05, 4.69) is 41.2 Å². The maximum Gasteiger partial charge on any atom is 0.226 e. The van der Waals surface area contributed by atoms with Crippen LogP contribution in [-0.2, 0) is 9.59 Å². The van der Waals surface area contributed by atoms with Crippen molar-refractivity contribution in [3.8, 4) is 0 Å². The number of likely N-dealkylation sites (N-methyl/N-ethyl adjacent to an activating group) is 1. The molecular formula is C25H39N5O3. The van der Waals surface area contributed by atoms with E-state index in [4.69, 9.17) is 0 Å². The highest BCUT2D eigenvalue weighted by atomic mass is 16.3. The molecule has 3 aliphatic rings. The summed E-state index contributed by atoms with van der Waals surface area (Å²) in [6, 6.07) is 10.1. The number of carbonyl (C=O) groups is 2. The van der Waals surface area contributed by atoms with Crippen molar-refractivity contribution < 1.29 is 14.7 Å². The quantitative estimate of drug-likeness (QED) is 0.661. The van der Waals surface area contributed by atoms with Crippen molar-refractivity contribution in [2.24, 2.45) is 0 Å². The lowest BCUT2D eigenvalue weighted by molar-refractivity contribution is -0.146. The third-order valence-electron chi connectivity index (χ3n) is 7.60. The molecule has 33 heavy (non-hydrogen) atoms. The minimum absolute atomic E-state index is 0.0863. The summed E-state index contributed by atoms with van der Waals surface area (Å²) in [5.74, 6) is 0.408. The number of hydrogen-bond donors (Lipinski definition) is 2. The monoisotopic (exact) mass is 457 g/mol. The van der Waals surface area contributed by atoms with E-state index in [9.17, 15) is 14.7 Å². The highest BCUT2D eigenvalue weighted by Crippen LogP contribution is 2.27. The molecule has 2 amide bonds. The molecule has 3 saturated heterocycles. The van der Waals surface area contributed by atoms with Gasteiger partial charge < -0.3 is 19.8 Å². The fraction of sp³-hybridized carbons (Fsp3) is 0.680. The molecule has 0 aliphatic carbocycles. The fourth-order valence-electron chi connectivity index (χ4n) is 5.18. The molecule has 3 aliphatic heterocycles. The highest BCUT2D eigenvalue weighted by molar-refractivity contribution is 5.78. The molecule has 8 heteroatoms. The molecule has 0 spiro atoms. The number of β-amino-alcohol motifs (C(OH)–C–C–N with tert-alkyl or cyclic N) is 1. The van der Waals surface area contributed by atoms with Crippen molar-refractivity contribution >= 4 is 11.8 Å². The number of aliphatic hydroxyl groups is 1. The highest BCUT2D eigenvalue weighted by Gasteiger charge is 2.39. The van der Waals surface area contributed by atoms with E-state index in [0.29, 0.717) is 52.0 Å². The second kappa shape index (κ2) is 10.5. The van der Waals surface area contributed by atoms with Crippen LogP contribution in [0, 0.1) is 0 Å². The Kier molecular flexibility index (Phi) is 7.69. The number of amides is 2. The summed E-state index contributed by atoms with van der Waals surface area (Å²) in [4.78, 5) is 33.9. The Morgan fingerprint density at radius 3 is 2.42 bits per heavy atom. The molecule has 0 saturated carbocycles. The van der Waals surface area contributed by atoms with Crippen LogP contribution < -0.4 is 5.32 Å². The van der Waals surface area contributed by atoms with Gasteiger partial charge >= 0.3 is 0 Å². The van der Waals surface area contributed by atoms with Crippen LogP contribution in [-0.4, -0.2) is 108 Å². The van der Waals surface area contributed by atoms with E-state index in [0.717, 1.165) is 26.2 Å². The lowest BCUT2D eigenvalue weighted by Crippen LogP contribution is -2.63. The smallest absolute Gasteiger partial charge is 0.226 e. The molecule has 8 nitrogen and oxygen atoms in total. The number of likely N-dealkylation sites (tertiary alicyclic amines) is 1. The van der Waals surface area contributed by atoms with Crippen molar-refractivity contribution in [3.63, 3.8) is 0 Å². The van der Waals surface area contributed by atoms with Gasteiger partial charge in [-0.15, -0.1) is 0 Å². The van der Waals surface area contributed by atoms with Crippen LogP contribution >= 0.6 is 0 Å². The minimum Gasteiger partial charge on any atom is -0.388 e. The number of rotatable bonds is 6. The van der Waals surface area contributed by atoms with Crippen molar-refractivity contribution in [3.05, 3.63) is 35.9 Å². The molecule has 2 N–H and O–H groups in total. The summed E-state index contributed by atoms with van der Waals surface area (Å²) in [6.07, 6.45) is 2.02. The number of piperidine rings is 1. The molecular weight excluding hydrogens is 418 g/mol. The minimum atomic E-state index is -0.931. The largest absolute Gasteiger partial charge is 0.388 e. The molecule has 4 rings (SSSR count). The van der Waals surface area contributed by atoms with Gasteiger partial charge in [-0.1, -0.05) is 37.3 Å². The van der Waals surface area contributed by atoms with E-state index < -0.39 is 5.60 Å². The number of hydrogen-bond acceptors (Lipinski definition) is 6. The summed E-state index contributed by atoms with van der Waals surface area (Å²) >= 11 is 0. The third kappa shape index (κ3) is 6.12. The second-order valence-corrected chi connectivity index (χ2v) is 10.1. The van der Waals surface area contributed by atoms with Crippen molar-refractivity contribution in [2.75, 3.05) is 59.5 Å². The molecule has 0 radical (unpaired) electrons. The van der Waals surface area contributed by atoms with Crippen molar-refractivity contribution in [2.45, 2.75) is 50.3 Å². The number of nitrogens with one attached hydrogen (secondary N) is 1. The molecule has 1 aromatic rings. The van der Waals surface area contributed by atoms with Gasteiger partial charge in [-0.25, -0.2) is 0 Å². The predicted octanol–water partition coefficient (Wildman–Crippen LogP) is 0.887. The van der Waals surface area contributed by atoms with Crippen LogP contribution in [0.3, 0.4) is 0 Å². The van der Waals surface area contributed by atoms with Crippen LogP contribution in [0.5, 0.6) is 0 Å². The van der Waals surface area contributed by atoms with Gasteiger partial charge in [-0.3, -0.25) is 19.8 Å². The zero-order chi connectivity index (χ0) is 23.4. The SMILES string of the molecule is C[C@H](CC(=O)N1CCC(O)(CN2CNC(N3CCN(C)CC3)CC2=O)CC1)c1ccccc1. The molecule has 182 valence electrons. The normalized spacial score (nSPS) is 25.8. The van der Waals surface area contributed by atoms with E-state index in [1.165, 1.54) is 5.56 Å². The maximum absolute atomic E-state index is 12.8. The van der Waals surface area contributed by atoms with Gasteiger partial charge in [-0.2, -0.15) is 0 Å². The Balaban J connectivity index is 1.22. The van der Waals surface area contributed by atoms with Gasteiger partial charge in [0.05, 0.1) is 31.4 Å². The van der Waals surface area contributed by atoms with Crippen LogP contribution in [0.15, 0.2) is 30.3 Å². The number of piperazine rings is 1. The van der Waals surface area contributed by atoms with Gasteiger partial charge in [0.2, 0.25) is 11.8 Å². The Hall–Kier alpha value is -2.00. The van der Waals surface area contributed by atoms with Gasteiger partial charge in [0.15, 0.2) is 0 Å². The molecule has 1 unspecified atom stereocenters. The van der Waals surface area contributed by atoms with E-state index in [1.807, 2.05) is 23.1 Å². The molecule has 2 atom stereocenters. The van der Waals surface area contributed by atoms with E-state index in [-0.39, 0.29) is 23.9 Å². The number of carbonyl (C=O) groups excluding carboxylic acids is 2. The first kappa shape index (κ1) is 24.1. The summed E-state index contributed by atoms with van der Waals surface area (Å²) in [5.41, 5.74) is 0.241. The summed E-state index contributed by atoms with van der Waals surface area (Å²) in [6.45, 7) is 7.94. The van der Waals surface area contributed by atoms with Gasteiger partial charge in [0, 0.05) is 45.7 Å². The Morgan fingerprint density at radius 2 is 1.79 bits per heavy atom. The standard InChI is InChI=1S/C25H39N5O3/c1-20(21-6-4-3-5-7-21)16-23(31)29-10-8-25(33,9-11-29)18-30-19-26-22(17-24(30)32)28-14-12-27(2)13-15-28/h3-7,20,22,26,33H,8-19H2,1-2H3/t20-,22?/m1/s1. The third-order valence-corrected chi connectivity index (χ3v) is 7.60. The Morgan fingerprint density at radius 1 is 1.12 bits per heavy atom. The zero-order valence-corrected chi connectivity index (χ0v) is 20.1. The van der Waals surface area contributed by atoms with Crippen molar-refractivity contribution in [1.29, 1.82) is 0 Å². The summed E-state index contributed by atoms with van der Waals surface area (Å²) < 4.78 is 0. The predicted molar refractivity (Wildman–Crippen MR) is 127 cm³/mol. The summed E-state index contributed by atoms with van der Waals surface area (Å²) in [7, 11) is 2.13. The molecule has 0 bridgehead atoms. The van der Waals surface area contributed by atoms with Gasteiger partial charge in [-0.05, 0) is 31.4 Å². The lowest BCUT2D eigenvalue weighted by Gasteiger charge is -2.45. The van der Waals surface area contributed by atoms with Crippen molar-refractivity contribution in [1.82, 2.24) is 24.9 Å². The van der Waals surface area contributed by atoms with Gasteiger partial charge in [0.25, 0.3) is 0 Å². The zero-order valence-electron chi connectivity index (χ0n) is 20.1. The van der Waals surface area contributed by atoms with E-state index >= 15 is 0 Å². The van der Waals surface area contributed by atoms with Crippen LogP contribution in [0.4, 0.5) is 0 Å². The topological polar surface area (TPSA) is 79.4 Å². The Bertz CT molecular complexity index is 804. The van der Waals surface area contributed by atoms with Gasteiger partial charge in [0.1, 0.15) is 0 Å². The molecule has 3 heterocycles. The average molecular weight is 458 g/mol. The number of nitrogens with zero attached hydrogens (tertiary/aromatic N) is 4. The fourth-order valence-corrected chi connectivity index (χ4v) is 5.18. The first-order chi connectivity index (χ1) is 15.8.